The van der Waals surface area contributed by atoms with Crippen LogP contribution >= 0.6 is 0 Å². The minimum atomic E-state index is -0.411. The zero-order valence-electron chi connectivity index (χ0n) is 14.0. The van der Waals surface area contributed by atoms with Crippen LogP contribution in [-0.2, 0) is 6.42 Å². The normalized spacial score (nSPS) is 12.4. The van der Waals surface area contributed by atoms with Crippen molar-refractivity contribution >= 4 is 16.9 Å². The van der Waals surface area contributed by atoms with Crippen LogP contribution in [0.4, 0.5) is 0 Å². The van der Waals surface area contributed by atoms with Gasteiger partial charge < -0.3 is 14.2 Å². The molecule has 3 aromatic rings. The molecule has 1 aromatic heterocycles. The van der Waals surface area contributed by atoms with E-state index in [1.165, 1.54) is 0 Å². The van der Waals surface area contributed by atoms with Gasteiger partial charge in [0.2, 0.25) is 6.79 Å². The average molecular weight is 335 g/mol. The van der Waals surface area contributed by atoms with Gasteiger partial charge in [0.1, 0.15) is 5.75 Å². The lowest BCUT2D eigenvalue weighted by atomic mass is 10.0. The zero-order chi connectivity index (χ0) is 17.4. The van der Waals surface area contributed by atoms with Crippen LogP contribution < -0.4 is 14.2 Å². The fraction of sp³-hybridized carbons (Fsp3) is 0.200. The molecule has 5 nitrogen and oxygen atoms in total. The van der Waals surface area contributed by atoms with E-state index in [9.17, 15) is 4.79 Å². The Morgan fingerprint density at radius 3 is 2.80 bits per heavy atom. The summed E-state index contributed by atoms with van der Waals surface area (Å²) in [6.07, 6.45) is 0.650. The molecule has 5 heteroatoms. The van der Waals surface area contributed by atoms with Crippen LogP contribution in [0, 0.1) is 6.92 Å². The number of ether oxygens (including phenoxy) is 3. The third-order valence-electron chi connectivity index (χ3n) is 4.32. The van der Waals surface area contributed by atoms with Gasteiger partial charge in [-0.05, 0) is 37.1 Å². The Balaban J connectivity index is 1.73. The van der Waals surface area contributed by atoms with Gasteiger partial charge in [-0.25, -0.2) is 4.79 Å². The fourth-order valence-electron chi connectivity index (χ4n) is 3.07. The maximum absolute atomic E-state index is 12.8. The summed E-state index contributed by atoms with van der Waals surface area (Å²) in [7, 11) is 0. The lowest BCUT2D eigenvalue weighted by molar-refractivity contribution is 0.0732. The second-order valence-electron chi connectivity index (χ2n) is 5.83. The van der Waals surface area contributed by atoms with Gasteiger partial charge in [0, 0.05) is 11.5 Å². The van der Waals surface area contributed by atoms with Gasteiger partial charge in [-0.15, -0.1) is 0 Å². The Morgan fingerprint density at radius 1 is 1.16 bits per heavy atom. The number of fused-ring (bicyclic) bond motifs is 2. The molecule has 2 aromatic carbocycles. The second kappa shape index (κ2) is 6.09. The van der Waals surface area contributed by atoms with Gasteiger partial charge in [0.15, 0.2) is 11.5 Å². The molecule has 0 fully saturated rings. The molecule has 2 heterocycles. The topological polar surface area (TPSA) is 57.7 Å². The Kier molecular flexibility index (Phi) is 3.76. The molecule has 0 atom stereocenters. The van der Waals surface area contributed by atoms with E-state index in [1.54, 1.807) is 18.2 Å². The van der Waals surface area contributed by atoms with Crippen molar-refractivity contribution in [2.24, 2.45) is 0 Å². The lowest BCUT2D eigenvalue weighted by Crippen LogP contribution is -2.15. The smallest absolute Gasteiger partial charge is 0.345 e. The molecule has 0 saturated carbocycles. The Hall–Kier alpha value is -3.08. The number of hydrogen-bond donors (Lipinski definition) is 0. The van der Waals surface area contributed by atoms with Gasteiger partial charge in [-0.2, -0.15) is 0 Å². The van der Waals surface area contributed by atoms with Crippen molar-refractivity contribution in [1.29, 1.82) is 0 Å². The van der Waals surface area contributed by atoms with Crippen LogP contribution in [0.1, 0.15) is 28.5 Å². The highest BCUT2D eigenvalue weighted by Crippen LogP contribution is 2.35. The van der Waals surface area contributed by atoms with E-state index in [4.69, 9.17) is 14.2 Å². The molecular weight excluding hydrogens is 318 g/mol. The van der Waals surface area contributed by atoms with E-state index in [1.807, 2.05) is 38.1 Å². The SMILES string of the molecule is CCc1nc2ccccc2c(C)c1C(=O)Oc1ccc2c(c1)OCO2. The first kappa shape index (κ1) is 15.4. The molecule has 0 radical (unpaired) electrons. The van der Waals surface area contributed by atoms with E-state index < -0.39 is 5.97 Å². The van der Waals surface area contributed by atoms with Crippen LogP contribution in [0.3, 0.4) is 0 Å². The van der Waals surface area contributed by atoms with E-state index in [-0.39, 0.29) is 6.79 Å². The molecule has 1 aliphatic heterocycles. The second-order valence-corrected chi connectivity index (χ2v) is 5.83. The molecule has 126 valence electrons. The summed E-state index contributed by atoms with van der Waals surface area (Å²) in [5.74, 6) is 1.24. The molecule has 0 saturated heterocycles. The first-order valence-electron chi connectivity index (χ1n) is 8.17. The van der Waals surface area contributed by atoms with Crippen molar-refractivity contribution in [1.82, 2.24) is 4.98 Å². The highest BCUT2D eigenvalue weighted by molar-refractivity contribution is 5.99. The molecule has 0 amide bonds. The van der Waals surface area contributed by atoms with Crippen molar-refractivity contribution < 1.29 is 19.0 Å². The molecule has 0 N–H and O–H groups in total. The van der Waals surface area contributed by atoms with Gasteiger partial charge in [0.25, 0.3) is 0 Å². The summed E-state index contributed by atoms with van der Waals surface area (Å²) in [5, 5.41) is 0.956. The van der Waals surface area contributed by atoms with Crippen LogP contribution in [-0.4, -0.2) is 17.7 Å². The lowest BCUT2D eigenvalue weighted by Gasteiger charge is -2.13. The van der Waals surface area contributed by atoms with Crippen LogP contribution in [0.25, 0.3) is 10.9 Å². The monoisotopic (exact) mass is 335 g/mol. The number of aromatic nitrogens is 1. The minimum Gasteiger partial charge on any atom is -0.454 e. The van der Waals surface area contributed by atoms with Crippen molar-refractivity contribution in [3.05, 3.63) is 59.3 Å². The molecular formula is C20H17NO4. The van der Waals surface area contributed by atoms with Crippen LogP contribution in [0.5, 0.6) is 17.2 Å². The number of rotatable bonds is 3. The summed E-state index contributed by atoms with van der Waals surface area (Å²) in [6.45, 7) is 4.09. The number of esters is 1. The molecule has 0 bridgehead atoms. The summed E-state index contributed by atoms with van der Waals surface area (Å²) in [5.41, 5.74) is 3.03. The summed E-state index contributed by atoms with van der Waals surface area (Å²) < 4.78 is 16.2. The number of pyridine rings is 1. The predicted molar refractivity (Wildman–Crippen MR) is 93.4 cm³/mol. The molecule has 25 heavy (non-hydrogen) atoms. The van der Waals surface area contributed by atoms with Gasteiger partial charge >= 0.3 is 5.97 Å². The van der Waals surface area contributed by atoms with Gasteiger partial charge in [-0.1, -0.05) is 25.1 Å². The molecule has 1 aliphatic rings. The van der Waals surface area contributed by atoms with Crippen molar-refractivity contribution in [3.8, 4) is 17.2 Å². The average Bonchev–Trinajstić information content (AvgIpc) is 3.09. The summed E-state index contributed by atoms with van der Waals surface area (Å²) in [6, 6.07) is 12.9. The quantitative estimate of drug-likeness (QED) is 0.534. The number of aryl methyl sites for hydroxylation is 2. The Morgan fingerprint density at radius 2 is 1.96 bits per heavy atom. The third-order valence-corrected chi connectivity index (χ3v) is 4.32. The number of carbonyl (C=O) groups excluding carboxylic acids is 1. The Bertz CT molecular complexity index is 981. The number of carbonyl (C=O) groups is 1. The van der Waals surface area contributed by atoms with Gasteiger partial charge in [0.05, 0.1) is 16.8 Å². The molecule has 0 spiro atoms. The molecule has 0 aliphatic carbocycles. The number of benzene rings is 2. The predicted octanol–water partition coefficient (Wildman–Crippen LogP) is 4.05. The third kappa shape index (κ3) is 2.67. The molecule has 0 unspecified atom stereocenters. The van der Waals surface area contributed by atoms with Crippen molar-refractivity contribution in [3.63, 3.8) is 0 Å². The first-order valence-corrected chi connectivity index (χ1v) is 8.17. The highest BCUT2D eigenvalue weighted by atomic mass is 16.7. The molecule has 4 rings (SSSR count). The van der Waals surface area contributed by atoms with E-state index in [2.05, 4.69) is 4.98 Å². The number of nitrogens with zero attached hydrogens (tertiary/aromatic N) is 1. The maximum Gasteiger partial charge on any atom is 0.345 e. The fourth-order valence-corrected chi connectivity index (χ4v) is 3.07. The number of hydrogen-bond acceptors (Lipinski definition) is 5. The van der Waals surface area contributed by atoms with Crippen molar-refractivity contribution in [2.75, 3.05) is 6.79 Å². The van der Waals surface area contributed by atoms with Crippen LogP contribution in [0.2, 0.25) is 0 Å². The largest absolute Gasteiger partial charge is 0.454 e. The first-order chi connectivity index (χ1) is 12.2. The van der Waals surface area contributed by atoms with E-state index >= 15 is 0 Å². The maximum atomic E-state index is 12.8. The summed E-state index contributed by atoms with van der Waals surface area (Å²) in [4.78, 5) is 17.5. The van der Waals surface area contributed by atoms with Gasteiger partial charge in [-0.3, -0.25) is 4.98 Å². The number of para-hydroxylation sites is 1. The highest BCUT2D eigenvalue weighted by Gasteiger charge is 2.21. The van der Waals surface area contributed by atoms with Crippen molar-refractivity contribution in [2.45, 2.75) is 20.3 Å². The van der Waals surface area contributed by atoms with E-state index in [0.717, 1.165) is 22.2 Å². The Labute approximate surface area is 145 Å². The van der Waals surface area contributed by atoms with Crippen LogP contribution in [0.15, 0.2) is 42.5 Å². The van der Waals surface area contributed by atoms with E-state index in [0.29, 0.717) is 29.2 Å². The zero-order valence-corrected chi connectivity index (χ0v) is 14.0. The summed E-state index contributed by atoms with van der Waals surface area (Å²) >= 11 is 0. The minimum absolute atomic E-state index is 0.181. The standard InChI is InChI=1S/C20H17NO4/c1-3-15-19(12(2)14-6-4-5-7-16(14)21-15)20(22)25-13-8-9-17-18(10-13)24-11-23-17/h4-10H,3,11H2,1-2H3.